The summed E-state index contributed by atoms with van der Waals surface area (Å²) in [4.78, 5) is 26.9. The third-order valence-electron chi connectivity index (χ3n) is 5.03. The number of nitrogens with zero attached hydrogens (tertiary/aromatic N) is 1. The van der Waals surface area contributed by atoms with E-state index in [9.17, 15) is 9.59 Å². The Morgan fingerprint density at radius 2 is 1.68 bits per heavy atom. The van der Waals surface area contributed by atoms with Crippen molar-refractivity contribution in [3.63, 3.8) is 0 Å². The number of likely N-dealkylation sites (tertiary alicyclic amines) is 1. The van der Waals surface area contributed by atoms with Gasteiger partial charge in [0.05, 0.1) is 20.6 Å². The first-order valence-corrected chi connectivity index (χ1v) is 9.45. The minimum atomic E-state index is -0.144. The van der Waals surface area contributed by atoms with Gasteiger partial charge in [-0.1, -0.05) is 30.3 Å². The Balaban J connectivity index is 1.51. The molecule has 0 radical (unpaired) electrons. The Morgan fingerprint density at radius 3 is 2.32 bits per heavy atom. The van der Waals surface area contributed by atoms with Crippen molar-refractivity contribution in [1.29, 1.82) is 0 Å². The van der Waals surface area contributed by atoms with Crippen LogP contribution in [0.3, 0.4) is 0 Å². The van der Waals surface area contributed by atoms with Crippen LogP contribution in [0.2, 0.25) is 0 Å². The molecule has 6 nitrogen and oxygen atoms in total. The van der Waals surface area contributed by atoms with E-state index >= 15 is 0 Å². The van der Waals surface area contributed by atoms with E-state index in [4.69, 9.17) is 9.47 Å². The Labute approximate surface area is 165 Å². The third-order valence-corrected chi connectivity index (χ3v) is 5.03. The standard InChI is InChI=1S/C22H26N2O4/c1-27-19-9-8-17(15-20(19)28-2)22(26)23-18-10-12-24(13-11-18)21(25)14-16-6-4-3-5-7-16/h3-9,15,18H,10-14H2,1-2H3,(H,23,26). The van der Waals surface area contributed by atoms with Gasteiger partial charge in [0.1, 0.15) is 0 Å². The number of carbonyl (C=O) groups is 2. The molecule has 1 N–H and O–H groups in total. The molecule has 0 aliphatic carbocycles. The van der Waals surface area contributed by atoms with Crippen LogP contribution in [-0.4, -0.2) is 50.1 Å². The number of carbonyl (C=O) groups excluding carboxylic acids is 2. The van der Waals surface area contributed by atoms with Crippen molar-refractivity contribution in [3.8, 4) is 11.5 Å². The van der Waals surface area contributed by atoms with E-state index in [0.717, 1.165) is 18.4 Å². The monoisotopic (exact) mass is 382 g/mol. The quantitative estimate of drug-likeness (QED) is 0.834. The summed E-state index contributed by atoms with van der Waals surface area (Å²) in [5, 5.41) is 3.06. The molecule has 2 amide bonds. The summed E-state index contributed by atoms with van der Waals surface area (Å²) < 4.78 is 10.5. The maximum atomic E-state index is 12.5. The van der Waals surface area contributed by atoms with Crippen LogP contribution in [0.1, 0.15) is 28.8 Å². The minimum Gasteiger partial charge on any atom is -0.493 e. The molecule has 1 aliphatic rings. The highest BCUT2D eigenvalue weighted by Crippen LogP contribution is 2.27. The van der Waals surface area contributed by atoms with Crippen molar-refractivity contribution in [1.82, 2.24) is 10.2 Å². The first-order valence-electron chi connectivity index (χ1n) is 9.45. The molecule has 1 fully saturated rings. The molecular weight excluding hydrogens is 356 g/mol. The highest BCUT2D eigenvalue weighted by atomic mass is 16.5. The van der Waals surface area contributed by atoms with Crippen LogP contribution in [0.25, 0.3) is 0 Å². The van der Waals surface area contributed by atoms with E-state index in [1.165, 1.54) is 0 Å². The Kier molecular flexibility index (Phi) is 6.53. The van der Waals surface area contributed by atoms with E-state index in [2.05, 4.69) is 5.32 Å². The number of ether oxygens (including phenoxy) is 2. The zero-order chi connectivity index (χ0) is 19.9. The number of benzene rings is 2. The molecule has 0 saturated carbocycles. The fraction of sp³-hybridized carbons (Fsp3) is 0.364. The molecule has 0 atom stereocenters. The summed E-state index contributed by atoms with van der Waals surface area (Å²) in [6.45, 7) is 1.31. The van der Waals surface area contributed by atoms with E-state index < -0.39 is 0 Å². The first-order chi connectivity index (χ1) is 13.6. The van der Waals surface area contributed by atoms with E-state index in [-0.39, 0.29) is 17.9 Å². The van der Waals surface area contributed by atoms with E-state index in [1.54, 1.807) is 32.4 Å². The normalized spacial score (nSPS) is 14.4. The molecule has 0 aromatic heterocycles. The summed E-state index contributed by atoms with van der Waals surface area (Å²) >= 11 is 0. The van der Waals surface area contributed by atoms with Crippen LogP contribution < -0.4 is 14.8 Å². The van der Waals surface area contributed by atoms with Crippen LogP contribution in [0.15, 0.2) is 48.5 Å². The van der Waals surface area contributed by atoms with Gasteiger partial charge in [-0.05, 0) is 36.6 Å². The molecule has 3 rings (SSSR count). The molecule has 0 bridgehead atoms. The summed E-state index contributed by atoms with van der Waals surface area (Å²) in [6.07, 6.45) is 1.92. The molecule has 28 heavy (non-hydrogen) atoms. The van der Waals surface area contributed by atoms with Gasteiger partial charge >= 0.3 is 0 Å². The van der Waals surface area contributed by atoms with Gasteiger partial charge in [-0.3, -0.25) is 9.59 Å². The lowest BCUT2D eigenvalue weighted by molar-refractivity contribution is -0.131. The predicted octanol–water partition coefficient (Wildman–Crippen LogP) is 2.67. The van der Waals surface area contributed by atoms with Gasteiger partial charge in [0, 0.05) is 24.7 Å². The Bertz CT molecular complexity index is 815. The lowest BCUT2D eigenvalue weighted by atomic mass is 10.0. The molecule has 0 spiro atoms. The summed E-state index contributed by atoms with van der Waals surface area (Å²) in [7, 11) is 3.10. The second kappa shape index (κ2) is 9.26. The average Bonchev–Trinajstić information content (AvgIpc) is 2.74. The number of piperidine rings is 1. The molecule has 1 heterocycles. The zero-order valence-corrected chi connectivity index (χ0v) is 16.3. The Morgan fingerprint density at radius 1 is 1.00 bits per heavy atom. The Hall–Kier alpha value is -3.02. The fourth-order valence-electron chi connectivity index (χ4n) is 3.40. The fourth-order valence-corrected chi connectivity index (χ4v) is 3.40. The van der Waals surface area contributed by atoms with Crippen molar-refractivity contribution in [2.45, 2.75) is 25.3 Å². The van der Waals surface area contributed by atoms with Crippen LogP contribution >= 0.6 is 0 Å². The molecule has 148 valence electrons. The van der Waals surface area contributed by atoms with Crippen molar-refractivity contribution >= 4 is 11.8 Å². The first kappa shape index (κ1) is 19.7. The lowest BCUT2D eigenvalue weighted by Crippen LogP contribution is -2.47. The molecule has 0 unspecified atom stereocenters. The molecule has 1 aliphatic heterocycles. The maximum absolute atomic E-state index is 12.5. The van der Waals surface area contributed by atoms with Gasteiger partial charge in [-0.25, -0.2) is 0 Å². The molecule has 2 aromatic carbocycles. The van der Waals surface area contributed by atoms with Crippen LogP contribution in [0.4, 0.5) is 0 Å². The average molecular weight is 382 g/mol. The number of hydrogen-bond acceptors (Lipinski definition) is 4. The van der Waals surface area contributed by atoms with Gasteiger partial charge in [0.2, 0.25) is 5.91 Å². The predicted molar refractivity (Wildman–Crippen MR) is 107 cm³/mol. The highest BCUT2D eigenvalue weighted by Gasteiger charge is 2.24. The second-order valence-corrected chi connectivity index (χ2v) is 6.86. The van der Waals surface area contributed by atoms with Gasteiger partial charge in [-0.2, -0.15) is 0 Å². The number of amides is 2. The largest absolute Gasteiger partial charge is 0.493 e. The van der Waals surface area contributed by atoms with Gasteiger partial charge in [0.15, 0.2) is 11.5 Å². The van der Waals surface area contributed by atoms with Crippen molar-refractivity contribution in [2.75, 3.05) is 27.3 Å². The van der Waals surface area contributed by atoms with Gasteiger partial charge < -0.3 is 19.7 Å². The SMILES string of the molecule is COc1ccc(C(=O)NC2CCN(C(=O)Cc3ccccc3)CC2)cc1OC. The lowest BCUT2D eigenvalue weighted by Gasteiger charge is -2.32. The van der Waals surface area contributed by atoms with E-state index in [0.29, 0.717) is 36.6 Å². The third kappa shape index (κ3) is 4.82. The summed E-state index contributed by atoms with van der Waals surface area (Å²) in [5.41, 5.74) is 1.55. The summed E-state index contributed by atoms with van der Waals surface area (Å²) in [5.74, 6) is 1.10. The minimum absolute atomic E-state index is 0.0568. The number of hydrogen-bond donors (Lipinski definition) is 1. The molecule has 6 heteroatoms. The van der Waals surface area contributed by atoms with Crippen LogP contribution in [-0.2, 0) is 11.2 Å². The van der Waals surface area contributed by atoms with Crippen LogP contribution in [0, 0.1) is 0 Å². The van der Waals surface area contributed by atoms with Crippen LogP contribution in [0.5, 0.6) is 11.5 Å². The van der Waals surface area contributed by atoms with Crippen molar-refractivity contribution in [3.05, 3.63) is 59.7 Å². The molecular formula is C22H26N2O4. The topological polar surface area (TPSA) is 67.9 Å². The van der Waals surface area contributed by atoms with Gasteiger partial charge in [0.25, 0.3) is 5.91 Å². The summed E-state index contributed by atoms with van der Waals surface area (Å²) in [6, 6.07) is 14.9. The number of nitrogens with one attached hydrogen (secondary N) is 1. The van der Waals surface area contributed by atoms with Crippen molar-refractivity contribution in [2.24, 2.45) is 0 Å². The van der Waals surface area contributed by atoms with Crippen molar-refractivity contribution < 1.29 is 19.1 Å². The smallest absolute Gasteiger partial charge is 0.251 e. The highest BCUT2D eigenvalue weighted by molar-refractivity contribution is 5.95. The zero-order valence-electron chi connectivity index (χ0n) is 16.3. The maximum Gasteiger partial charge on any atom is 0.251 e. The second-order valence-electron chi connectivity index (χ2n) is 6.86. The van der Waals surface area contributed by atoms with E-state index in [1.807, 2.05) is 35.2 Å². The molecule has 2 aromatic rings. The van der Waals surface area contributed by atoms with Gasteiger partial charge in [-0.15, -0.1) is 0 Å². The number of rotatable bonds is 6. The molecule has 1 saturated heterocycles. The number of methoxy groups -OCH3 is 2.